The molecule has 2 atom stereocenters. The van der Waals surface area contributed by atoms with Gasteiger partial charge in [-0.05, 0) is 49.3 Å². The van der Waals surface area contributed by atoms with Gasteiger partial charge in [-0.2, -0.15) is 0 Å². The zero-order chi connectivity index (χ0) is 13.1. The summed E-state index contributed by atoms with van der Waals surface area (Å²) in [5, 5.41) is 3.75. The molecule has 1 aliphatic rings. The Morgan fingerprint density at radius 3 is 2.61 bits per heavy atom. The van der Waals surface area contributed by atoms with Crippen LogP contribution < -0.4 is 5.32 Å². The topological polar surface area (TPSA) is 12.0 Å². The molecule has 18 heavy (non-hydrogen) atoms. The summed E-state index contributed by atoms with van der Waals surface area (Å²) in [6, 6.07) is 7.24. The Balaban J connectivity index is 2.08. The Kier molecular flexibility index (Phi) is 4.71. The summed E-state index contributed by atoms with van der Waals surface area (Å²) >= 11 is 3.61. The first-order chi connectivity index (χ1) is 8.58. The zero-order valence-electron chi connectivity index (χ0n) is 11.7. The van der Waals surface area contributed by atoms with Crippen molar-refractivity contribution in [3.05, 3.63) is 28.2 Å². The summed E-state index contributed by atoms with van der Waals surface area (Å²) in [4.78, 5) is 0. The first-order valence-electron chi connectivity index (χ1n) is 7.10. The maximum absolute atomic E-state index is 3.75. The lowest BCUT2D eigenvalue weighted by molar-refractivity contribution is 0.254. The quantitative estimate of drug-likeness (QED) is 0.790. The van der Waals surface area contributed by atoms with Crippen molar-refractivity contribution in [3.63, 3.8) is 0 Å². The second kappa shape index (κ2) is 6.10. The average molecular weight is 310 g/mol. The van der Waals surface area contributed by atoms with Crippen LogP contribution in [0.25, 0.3) is 0 Å². The van der Waals surface area contributed by atoms with E-state index in [2.05, 4.69) is 60.2 Å². The first-order valence-corrected chi connectivity index (χ1v) is 7.90. The number of benzene rings is 1. The second-order valence-corrected chi connectivity index (χ2v) is 6.76. The number of rotatable bonds is 3. The van der Waals surface area contributed by atoms with E-state index in [4.69, 9.17) is 0 Å². The van der Waals surface area contributed by atoms with Gasteiger partial charge in [0.05, 0.1) is 0 Å². The van der Waals surface area contributed by atoms with Crippen molar-refractivity contribution in [1.29, 1.82) is 0 Å². The van der Waals surface area contributed by atoms with Gasteiger partial charge >= 0.3 is 0 Å². The highest BCUT2D eigenvalue weighted by atomic mass is 79.9. The van der Waals surface area contributed by atoms with Crippen LogP contribution in [-0.2, 0) is 0 Å². The molecule has 1 aliphatic carbocycles. The van der Waals surface area contributed by atoms with Crippen LogP contribution in [0.1, 0.15) is 45.1 Å². The minimum atomic E-state index is 0.647. The molecule has 2 unspecified atom stereocenters. The van der Waals surface area contributed by atoms with Crippen LogP contribution in [0.15, 0.2) is 22.7 Å². The SMILES string of the molecule is Cc1ccc(NC2CCCCC2C(C)C)cc1Br. The highest BCUT2D eigenvalue weighted by molar-refractivity contribution is 9.10. The van der Waals surface area contributed by atoms with Gasteiger partial charge in [-0.1, -0.05) is 48.7 Å². The van der Waals surface area contributed by atoms with E-state index in [1.165, 1.54) is 41.4 Å². The third kappa shape index (κ3) is 3.28. The smallest absolute Gasteiger partial charge is 0.0353 e. The maximum Gasteiger partial charge on any atom is 0.0353 e. The fourth-order valence-electron chi connectivity index (χ4n) is 3.03. The monoisotopic (exact) mass is 309 g/mol. The van der Waals surface area contributed by atoms with Crippen LogP contribution in [0.5, 0.6) is 0 Å². The average Bonchev–Trinajstić information content (AvgIpc) is 2.34. The summed E-state index contributed by atoms with van der Waals surface area (Å²) in [5.74, 6) is 1.59. The number of hydrogen-bond acceptors (Lipinski definition) is 1. The molecular weight excluding hydrogens is 286 g/mol. The van der Waals surface area contributed by atoms with E-state index < -0.39 is 0 Å². The third-order valence-electron chi connectivity index (χ3n) is 4.20. The van der Waals surface area contributed by atoms with E-state index in [0.717, 1.165) is 11.8 Å². The van der Waals surface area contributed by atoms with Crippen molar-refractivity contribution in [2.45, 2.75) is 52.5 Å². The number of nitrogens with one attached hydrogen (secondary N) is 1. The summed E-state index contributed by atoms with van der Waals surface area (Å²) < 4.78 is 1.20. The molecule has 0 radical (unpaired) electrons. The highest BCUT2D eigenvalue weighted by Gasteiger charge is 2.27. The van der Waals surface area contributed by atoms with Crippen molar-refractivity contribution in [2.24, 2.45) is 11.8 Å². The number of aryl methyl sites for hydroxylation is 1. The molecule has 100 valence electrons. The zero-order valence-corrected chi connectivity index (χ0v) is 13.3. The maximum atomic E-state index is 3.75. The van der Waals surface area contributed by atoms with Crippen LogP contribution in [0, 0.1) is 18.8 Å². The number of anilines is 1. The Hall–Kier alpha value is -0.500. The van der Waals surface area contributed by atoms with E-state index in [-0.39, 0.29) is 0 Å². The fourth-order valence-corrected chi connectivity index (χ4v) is 3.41. The largest absolute Gasteiger partial charge is 0.382 e. The normalized spacial score (nSPS) is 24.3. The van der Waals surface area contributed by atoms with E-state index >= 15 is 0 Å². The van der Waals surface area contributed by atoms with Crippen LogP contribution in [0.4, 0.5) is 5.69 Å². The molecule has 0 heterocycles. The molecule has 0 saturated heterocycles. The predicted octanol–water partition coefficient (Wildman–Crippen LogP) is 5.38. The molecule has 1 N–H and O–H groups in total. The lowest BCUT2D eigenvalue weighted by atomic mass is 9.78. The molecular formula is C16H24BrN. The van der Waals surface area contributed by atoms with Crippen molar-refractivity contribution in [2.75, 3.05) is 5.32 Å². The van der Waals surface area contributed by atoms with Crippen molar-refractivity contribution in [1.82, 2.24) is 0 Å². The molecule has 0 spiro atoms. The minimum absolute atomic E-state index is 0.647. The van der Waals surface area contributed by atoms with Gasteiger partial charge in [-0.3, -0.25) is 0 Å². The van der Waals surface area contributed by atoms with Crippen molar-refractivity contribution < 1.29 is 0 Å². The summed E-state index contributed by atoms with van der Waals surface area (Å²) in [6.07, 6.45) is 5.46. The van der Waals surface area contributed by atoms with E-state index in [9.17, 15) is 0 Å². The first kappa shape index (κ1) is 13.9. The van der Waals surface area contributed by atoms with Gasteiger partial charge in [0.1, 0.15) is 0 Å². The molecule has 1 aromatic rings. The van der Waals surface area contributed by atoms with Crippen LogP contribution in [0.2, 0.25) is 0 Å². The van der Waals surface area contributed by atoms with Crippen LogP contribution >= 0.6 is 15.9 Å². The van der Waals surface area contributed by atoms with Gasteiger partial charge in [-0.25, -0.2) is 0 Å². The van der Waals surface area contributed by atoms with Gasteiger partial charge in [-0.15, -0.1) is 0 Å². The lowest BCUT2D eigenvalue weighted by Gasteiger charge is -2.35. The molecule has 1 saturated carbocycles. The standard InChI is InChI=1S/C16H24BrN/c1-11(2)14-6-4-5-7-16(14)18-13-9-8-12(3)15(17)10-13/h8-11,14,16,18H,4-7H2,1-3H3. The van der Waals surface area contributed by atoms with Crippen LogP contribution in [-0.4, -0.2) is 6.04 Å². The Morgan fingerprint density at radius 2 is 1.94 bits per heavy atom. The van der Waals surface area contributed by atoms with E-state index in [0.29, 0.717) is 6.04 Å². The molecule has 1 nitrogen and oxygen atoms in total. The van der Waals surface area contributed by atoms with Gasteiger partial charge in [0.25, 0.3) is 0 Å². The summed E-state index contributed by atoms with van der Waals surface area (Å²) in [7, 11) is 0. The highest BCUT2D eigenvalue weighted by Crippen LogP contribution is 2.33. The third-order valence-corrected chi connectivity index (χ3v) is 5.05. The van der Waals surface area contributed by atoms with Crippen molar-refractivity contribution in [3.8, 4) is 0 Å². The van der Waals surface area contributed by atoms with Gasteiger partial charge in [0.2, 0.25) is 0 Å². The number of halogens is 1. The Morgan fingerprint density at radius 1 is 1.22 bits per heavy atom. The van der Waals surface area contributed by atoms with Gasteiger partial charge in [0, 0.05) is 16.2 Å². The molecule has 1 fully saturated rings. The molecule has 2 rings (SSSR count). The van der Waals surface area contributed by atoms with Crippen LogP contribution in [0.3, 0.4) is 0 Å². The lowest BCUT2D eigenvalue weighted by Crippen LogP contribution is -2.35. The number of hydrogen-bond donors (Lipinski definition) is 1. The second-order valence-electron chi connectivity index (χ2n) is 5.91. The summed E-state index contributed by atoms with van der Waals surface area (Å²) in [6.45, 7) is 6.84. The molecule has 1 aromatic carbocycles. The molecule has 2 heteroatoms. The minimum Gasteiger partial charge on any atom is -0.382 e. The molecule has 0 bridgehead atoms. The molecule has 0 amide bonds. The van der Waals surface area contributed by atoms with Crippen molar-refractivity contribution >= 4 is 21.6 Å². The Bertz CT molecular complexity index is 400. The Labute approximate surface area is 119 Å². The van der Waals surface area contributed by atoms with Gasteiger partial charge < -0.3 is 5.32 Å². The molecule has 0 aliphatic heterocycles. The summed E-state index contributed by atoms with van der Waals surface area (Å²) in [5.41, 5.74) is 2.55. The van der Waals surface area contributed by atoms with E-state index in [1.807, 2.05) is 0 Å². The molecule has 0 aromatic heterocycles. The van der Waals surface area contributed by atoms with E-state index in [1.54, 1.807) is 0 Å². The van der Waals surface area contributed by atoms with Gasteiger partial charge in [0.15, 0.2) is 0 Å². The fraction of sp³-hybridized carbons (Fsp3) is 0.625. The predicted molar refractivity (Wildman–Crippen MR) is 83.1 cm³/mol.